The number of nitrogens with zero attached hydrogens (tertiary/aromatic N) is 1. The highest BCUT2D eigenvalue weighted by Gasteiger charge is 2.34. The van der Waals surface area contributed by atoms with E-state index in [1.54, 1.807) is 18.2 Å². The van der Waals surface area contributed by atoms with Crippen LogP contribution >= 0.6 is 0 Å². The van der Waals surface area contributed by atoms with Crippen molar-refractivity contribution in [2.24, 2.45) is 0 Å². The third-order valence-electron chi connectivity index (χ3n) is 3.54. The average molecular weight is 371 g/mol. The van der Waals surface area contributed by atoms with E-state index in [1.165, 1.54) is 16.4 Å². The topological polar surface area (TPSA) is 125 Å². The van der Waals surface area contributed by atoms with Crippen molar-refractivity contribution in [1.29, 1.82) is 0 Å². The average Bonchev–Trinajstić information content (AvgIpc) is 2.65. The number of ether oxygens (including phenoxy) is 1. The molecule has 25 heavy (non-hydrogen) atoms. The molecule has 3 N–H and O–H groups in total. The minimum Gasteiger partial charge on any atom is -0.395 e. The van der Waals surface area contributed by atoms with E-state index >= 15 is 0 Å². The Hall–Kier alpha value is -2.01. The molecular formula is C15H21N3O6S. The van der Waals surface area contributed by atoms with Gasteiger partial charge in [-0.05, 0) is 18.6 Å². The van der Waals surface area contributed by atoms with Gasteiger partial charge in [0.2, 0.25) is 10.0 Å². The summed E-state index contributed by atoms with van der Waals surface area (Å²) in [5.41, 5.74) is 0. The first-order chi connectivity index (χ1) is 12.0. The molecule has 1 aromatic rings. The van der Waals surface area contributed by atoms with E-state index in [0.29, 0.717) is 13.0 Å². The second-order valence-electron chi connectivity index (χ2n) is 5.30. The molecule has 0 aliphatic carbocycles. The fourth-order valence-electron chi connectivity index (χ4n) is 2.34. The largest absolute Gasteiger partial charge is 0.395 e. The zero-order chi connectivity index (χ0) is 18.3. The van der Waals surface area contributed by atoms with Crippen LogP contribution < -0.4 is 10.6 Å². The molecule has 0 saturated carbocycles. The van der Waals surface area contributed by atoms with E-state index in [4.69, 9.17) is 9.84 Å². The van der Waals surface area contributed by atoms with Crippen molar-refractivity contribution < 1.29 is 27.9 Å². The number of benzene rings is 1. The van der Waals surface area contributed by atoms with Crippen molar-refractivity contribution in [3.63, 3.8) is 0 Å². The number of amides is 2. The first-order valence-electron chi connectivity index (χ1n) is 7.82. The summed E-state index contributed by atoms with van der Waals surface area (Å²) in [5.74, 6) is -1.82. The van der Waals surface area contributed by atoms with Crippen LogP contribution in [0.4, 0.5) is 0 Å². The first-order valence-corrected chi connectivity index (χ1v) is 9.26. The molecule has 1 aliphatic heterocycles. The van der Waals surface area contributed by atoms with E-state index in [2.05, 4.69) is 10.6 Å². The van der Waals surface area contributed by atoms with Crippen molar-refractivity contribution in [3.05, 3.63) is 30.3 Å². The number of sulfonamides is 1. The molecule has 0 spiro atoms. The summed E-state index contributed by atoms with van der Waals surface area (Å²) >= 11 is 0. The van der Waals surface area contributed by atoms with E-state index < -0.39 is 28.1 Å². The summed E-state index contributed by atoms with van der Waals surface area (Å²) in [5, 5.41) is 13.2. The molecule has 0 bridgehead atoms. The third-order valence-corrected chi connectivity index (χ3v) is 5.45. The number of hydrogen-bond donors (Lipinski definition) is 3. The summed E-state index contributed by atoms with van der Waals surface area (Å²) in [6, 6.07) is 7.94. The van der Waals surface area contributed by atoms with Crippen LogP contribution in [0.2, 0.25) is 0 Å². The molecule has 9 nitrogen and oxygen atoms in total. The molecule has 0 unspecified atom stereocenters. The summed E-state index contributed by atoms with van der Waals surface area (Å²) in [4.78, 5) is 23.3. The SMILES string of the molecule is O=C(NCCO)C(=O)NC[C@H]1OCCCN1S(=O)(=O)c1ccccc1. The maximum atomic E-state index is 12.7. The molecule has 1 saturated heterocycles. The van der Waals surface area contributed by atoms with Gasteiger partial charge in [-0.25, -0.2) is 8.42 Å². The Morgan fingerprint density at radius 3 is 2.56 bits per heavy atom. The van der Waals surface area contributed by atoms with Gasteiger partial charge in [0.25, 0.3) is 0 Å². The predicted octanol–water partition coefficient (Wildman–Crippen LogP) is -1.35. The highest BCUT2D eigenvalue weighted by molar-refractivity contribution is 7.89. The van der Waals surface area contributed by atoms with Crippen molar-refractivity contribution in [2.45, 2.75) is 17.5 Å². The second-order valence-corrected chi connectivity index (χ2v) is 7.19. The molecule has 0 aromatic heterocycles. The van der Waals surface area contributed by atoms with Crippen LogP contribution in [0.25, 0.3) is 0 Å². The van der Waals surface area contributed by atoms with Crippen LogP contribution in [-0.4, -0.2) is 68.7 Å². The molecule has 2 amide bonds. The fraction of sp³-hybridized carbons (Fsp3) is 0.467. The zero-order valence-corrected chi connectivity index (χ0v) is 14.4. The van der Waals surface area contributed by atoms with Gasteiger partial charge in [0, 0.05) is 13.1 Å². The summed E-state index contributed by atoms with van der Waals surface area (Å²) < 4.78 is 32.1. The maximum absolute atomic E-state index is 12.7. The smallest absolute Gasteiger partial charge is 0.309 e. The van der Waals surface area contributed by atoms with E-state index in [-0.39, 0.29) is 31.1 Å². The summed E-state index contributed by atoms with van der Waals surface area (Å²) in [6.45, 7) is 0.137. The van der Waals surface area contributed by atoms with Crippen molar-refractivity contribution in [3.8, 4) is 0 Å². The lowest BCUT2D eigenvalue weighted by Gasteiger charge is -2.34. The Bertz CT molecular complexity index is 694. The number of carbonyl (C=O) groups is 2. The van der Waals surface area contributed by atoms with Gasteiger partial charge in [-0.2, -0.15) is 4.31 Å². The normalized spacial score (nSPS) is 18.5. The quantitative estimate of drug-likeness (QED) is 0.531. The standard InChI is InChI=1S/C15H21N3O6S/c19-9-7-16-14(20)15(21)17-11-13-18(8-4-10-24-13)25(22,23)12-5-2-1-3-6-12/h1-3,5-6,13,19H,4,7-11H2,(H,16,20)(H,17,21)/t13-/m1/s1. The Morgan fingerprint density at radius 1 is 1.20 bits per heavy atom. The van der Waals surface area contributed by atoms with Crippen molar-refractivity contribution >= 4 is 21.8 Å². The van der Waals surface area contributed by atoms with Gasteiger partial charge in [0.05, 0.1) is 24.7 Å². The zero-order valence-electron chi connectivity index (χ0n) is 13.6. The number of hydrogen-bond acceptors (Lipinski definition) is 6. The number of rotatable bonds is 6. The van der Waals surface area contributed by atoms with Crippen molar-refractivity contribution in [1.82, 2.24) is 14.9 Å². The van der Waals surface area contributed by atoms with E-state index in [1.807, 2.05) is 0 Å². The van der Waals surface area contributed by atoms with Crippen molar-refractivity contribution in [2.75, 3.05) is 32.8 Å². The molecule has 1 aromatic carbocycles. The fourth-order valence-corrected chi connectivity index (χ4v) is 3.93. The summed E-state index contributed by atoms with van der Waals surface area (Å²) in [6.07, 6.45) is -0.360. The number of carbonyl (C=O) groups excluding carboxylic acids is 2. The molecule has 1 atom stereocenters. The molecule has 1 heterocycles. The summed E-state index contributed by atoms with van der Waals surface area (Å²) in [7, 11) is -3.77. The molecule has 1 aliphatic rings. The highest BCUT2D eigenvalue weighted by atomic mass is 32.2. The Morgan fingerprint density at radius 2 is 1.88 bits per heavy atom. The second kappa shape index (κ2) is 8.90. The maximum Gasteiger partial charge on any atom is 0.309 e. The minimum atomic E-state index is -3.77. The van der Waals surface area contributed by atoms with Gasteiger partial charge < -0.3 is 20.5 Å². The lowest BCUT2D eigenvalue weighted by atomic mass is 10.3. The molecule has 0 radical (unpaired) electrons. The van der Waals surface area contributed by atoms with Crippen LogP contribution in [-0.2, 0) is 24.3 Å². The predicted molar refractivity (Wildman–Crippen MR) is 87.8 cm³/mol. The van der Waals surface area contributed by atoms with E-state index in [9.17, 15) is 18.0 Å². The van der Waals surface area contributed by atoms with Gasteiger partial charge >= 0.3 is 11.8 Å². The van der Waals surface area contributed by atoms with Crippen LogP contribution in [0, 0.1) is 0 Å². The first kappa shape index (κ1) is 19.3. The lowest BCUT2D eigenvalue weighted by Crippen LogP contribution is -2.53. The van der Waals surface area contributed by atoms with Crippen LogP contribution in [0.5, 0.6) is 0 Å². The third kappa shape index (κ3) is 4.98. The van der Waals surface area contributed by atoms with E-state index in [0.717, 1.165) is 0 Å². The van der Waals surface area contributed by atoms with Crippen LogP contribution in [0.15, 0.2) is 35.2 Å². The highest BCUT2D eigenvalue weighted by Crippen LogP contribution is 2.21. The Balaban J connectivity index is 2.03. The van der Waals surface area contributed by atoms with Crippen LogP contribution in [0.3, 0.4) is 0 Å². The minimum absolute atomic E-state index is 0.0410. The van der Waals surface area contributed by atoms with Gasteiger partial charge in [0.1, 0.15) is 6.23 Å². The molecule has 10 heteroatoms. The van der Waals surface area contributed by atoms with Gasteiger partial charge in [-0.1, -0.05) is 18.2 Å². The Kier molecular flexibility index (Phi) is 6.88. The van der Waals surface area contributed by atoms with Gasteiger partial charge in [-0.3, -0.25) is 9.59 Å². The van der Waals surface area contributed by atoms with Crippen LogP contribution in [0.1, 0.15) is 6.42 Å². The van der Waals surface area contributed by atoms with Gasteiger partial charge in [0.15, 0.2) is 0 Å². The number of nitrogens with one attached hydrogen (secondary N) is 2. The van der Waals surface area contributed by atoms with Gasteiger partial charge in [-0.15, -0.1) is 0 Å². The molecule has 138 valence electrons. The molecule has 2 rings (SSSR count). The lowest BCUT2D eigenvalue weighted by molar-refractivity contribution is -0.140. The Labute approximate surface area is 146 Å². The molecule has 1 fully saturated rings. The number of aliphatic hydroxyl groups is 1. The molecular weight excluding hydrogens is 350 g/mol. The number of aliphatic hydroxyl groups excluding tert-OH is 1. The monoisotopic (exact) mass is 371 g/mol.